The molecule has 0 aliphatic rings. The third-order valence-electron chi connectivity index (χ3n) is 3.14. The molecule has 0 unspecified atom stereocenters. The van der Waals surface area contributed by atoms with Gasteiger partial charge < -0.3 is 20.5 Å². The third-order valence-corrected chi connectivity index (χ3v) is 3.14. The number of para-hydroxylation sites is 1. The summed E-state index contributed by atoms with van der Waals surface area (Å²) < 4.78 is 10.3. The van der Waals surface area contributed by atoms with Crippen LogP contribution in [0, 0.1) is 0 Å². The fourth-order valence-corrected chi connectivity index (χ4v) is 1.95. The minimum absolute atomic E-state index is 0.195. The summed E-state index contributed by atoms with van der Waals surface area (Å²) in [4.78, 5) is 12.1. The van der Waals surface area contributed by atoms with Crippen molar-refractivity contribution in [3.8, 4) is 11.5 Å². The van der Waals surface area contributed by atoms with Gasteiger partial charge in [-0.2, -0.15) is 0 Å². The lowest BCUT2D eigenvalue weighted by molar-refractivity contribution is 0.0950. The maximum absolute atomic E-state index is 12.1. The van der Waals surface area contributed by atoms with Crippen molar-refractivity contribution < 1.29 is 14.3 Å². The topological polar surface area (TPSA) is 73.6 Å². The fourth-order valence-electron chi connectivity index (χ4n) is 1.95. The van der Waals surface area contributed by atoms with E-state index in [0.29, 0.717) is 29.3 Å². The molecule has 0 heterocycles. The lowest BCUT2D eigenvalue weighted by Gasteiger charge is -2.10. The van der Waals surface area contributed by atoms with Crippen LogP contribution in [0.4, 0.5) is 5.69 Å². The number of anilines is 1. The van der Waals surface area contributed by atoms with Gasteiger partial charge in [0.25, 0.3) is 5.91 Å². The van der Waals surface area contributed by atoms with Gasteiger partial charge in [-0.3, -0.25) is 4.79 Å². The van der Waals surface area contributed by atoms with Crippen molar-refractivity contribution in [2.75, 3.05) is 20.0 Å². The molecular weight excluding hydrogens is 268 g/mol. The SMILES string of the molecule is COc1ccc(C(=O)NCc2ccccc2N)cc1OC. The summed E-state index contributed by atoms with van der Waals surface area (Å²) in [6.45, 7) is 0.375. The number of benzene rings is 2. The van der Waals surface area contributed by atoms with E-state index in [4.69, 9.17) is 15.2 Å². The average Bonchev–Trinajstić information content (AvgIpc) is 2.53. The van der Waals surface area contributed by atoms with Gasteiger partial charge in [-0.1, -0.05) is 18.2 Å². The molecule has 0 aromatic heterocycles. The third kappa shape index (κ3) is 3.45. The molecule has 1 amide bonds. The van der Waals surface area contributed by atoms with Crippen LogP contribution in [-0.4, -0.2) is 20.1 Å². The van der Waals surface area contributed by atoms with Crippen LogP contribution in [0.25, 0.3) is 0 Å². The van der Waals surface area contributed by atoms with Crippen molar-refractivity contribution in [2.24, 2.45) is 0 Å². The smallest absolute Gasteiger partial charge is 0.251 e. The lowest BCUT2D eigenvalue weighted by Crippen LogP contribution is -2.23. The van der Waals surface area contributed by atoms with Crippen LogP contribution >= 0.6 is 0 Å². The van der Waals surface area contributed by atoms with Gasteiger partial charge in [-0.05, 0) is 29.8 Å². The molecule has 3 N–H and O–H groups in total. The molecule has 0 atom stereocenters. The van der Waals surface area contributed by atoms with E-state index >= 15 is 0 Å². The zero-order valence-corrected chi connectivity index (χ0v) is 12.1. The zero-order valence-electron chi connectivity index (χ0n) is 12.1. The van der Waals surface area contributed by atoms with Gasteiger partial charge in [0.2, 0.25) is 0 Å². The summed E-state index contributed by atoms with van der Waals surface area (Å²) in [5.74, 6) is 0.907. The van der Waals surface area contributed by atoms with Gasteiger partial charge in [-0.15, -0.1) is 0 Å². The maximum Gasteiger partial charge on any atom is 0.251 e. The van der Waals surface area contributed by atoms with Crippen LogP contribution in [0.2, 0.25) is 0 Å². The number of methoxy groups -OCH3 is 2. The van der Waals surface area contributed by atoms with E-state index in [9.17, 15) is 4.79 Å². The summed E-state index contributed by atoms with van der Waals surface area (Å²) >= 11 is 0. The van der Waals surface area contributed by atoms with E-state index < -0.39 is 0 Å². The normalized spacial score (nSPS) is 10.0. The number of ether oxygens (including phenoxy) is 2. The van der Waals surface area contributed by atoms with Gasteiger partial charge >= 0.3 is 0 Å². The monoisotopic (exact) mass is 286 g/mol. The fraction of sp³-hybridized carbons (Fsp3) is 0.188. The number of nitrogens with one attached hydrogen (secondary N) is 1. The van der Waals surface area contributed by atoms with Crippen LogP contribution in [0.1, 0.15) is 15.9 Å². The van der Waals surface area contributed by atoms with Crippen LogP contribution < -0.4 is 20.5 Å². The molecule has 0 aliphatic carbocycles. The summed E-state index contributed by atoms with van der Waals surface area (Å²) in [5.41, 5.74) is 7.88. The number of hydrogen-bond donors (Lipinski definition) is 2. The van der Waals surface area contributed by atoms with Crippen LogP contribution in [0.15, 0.2) is 42.5 Å². The van der Waals surface area contributed by atoms with Crippen molar-refractivity contribution in [3.05, 3.63) is 53.6 Å². The van der Waals surface area contributed by atoms with E-state index in [-0.39, 0.29) is 5.91 Å². The minimum Gasteiger partial charge on any atom is -0.493 e. The van der Waals surface area contributed by atoms with Gasteiger partial charge in [0.1, 0.15) is 0 Å². The van der Waals surface area contributed by atoms with Crippen molar-refractivity contribution in [1.29, 1.82) is 0 Å². The molecule has 0 spiro atoms. The lowest BCUT2D eigenvalue weighted by atomic mass is 10.1. The highest BCUT2D eigenvalue weighted by atomic mass is 16.5. The van der Waals surface area contributed by atoms with E-state index in [0.717, 1.165) is 5.56 Å². The molecule has 2 rings (SSSR count). The number of carbonyl (C=O) groups is 1. The molecule has 0 radical (unpaired) electrons. The Kier molecular flexibility index (Phi) is 4.66. The Balaban J connectivity index is 2.09. The summed E-state index contributed by atoms with van der Waals surface area (Å²) in [6, 6.07) is 12.4. The molecule has 0 aliphatic heterocycles. The Hall–Kier alpha value is -2.69. The standard InChI is InChI=1S/C16H18N2O3/c1-20-14-8-7-11(9-15(14)21-2)16(19)18-10-12-5-3-4-6-13(12)17/h3-9H,10,17H2,1-2H3,(H,18,19). The second kappa shape index (κ2) is 6.65. The Morgan fingerprint density at radius 2 is 1.81 bits per heavy atom. The van der Waals surface area contributed by atoms with E-state index in [2.05, 4.69) is 5.32 Å². The molecule has 0 fully saturated rings. The van der Waals surface area contributed by atoms with E-state index in [1.165, 1.54) is 7.11 Å². The molecule has 110 valence electrons. The Bertz CT molecular complexity index is 641. The first kappa shape index (κ1) is 14.7. The second-order valence-electron chi connectivity index (χ2n) is 4.45. The number of nitrogens with two attached hydrogens (primary N) is 1. The largest absolute Gasteiger partial charge is 0.493 e. The highest BCUT2D eigenvalue weighted by Gasteiger charge is 2.10. The molecule has 0 saturated carbocycles. The number of amides is 1. The van der Waals surface area contributed by atoms with Crippen LogP contribution in [0.3, 0.4) is 0 Å². The first-order valence-corrected chi connectivity index (χ1v) is 6.49. The Labute approximate surface area is 123 Å². The molecule has 2 aromatic rings. The summed E-state index contributed by atoms with van der Waals surface area (Å²) in [6.07, 6.45) is 0. The number of rotatable bonds is 5. The predicted octanol–water partition coefficient (Wildman–Crippen LogP) is 2.22. The molecule has 2 aromatic carbocycles. The average molecular weight is 286 g/mol. The summed E-state index contributed by atoms with van der Waals surface area (Å²) in [5, 5.41) is 2.83. The number of hydrogen-bond acceptors (Lipinski definition) is 4. The van der Waals surface area contributed by atoms with E-state index in [1.807, 2.05) is 18.2 Å². The molecule has 0 saturated heterocycles. The second-order valence-corrected chi connectivity index (χ2v) is 4.45. The van der Waals surface area contributed by atoms with Gasteiger partial charge in [0.05, 0.1) is 14.2 Å². The number of carbonyl (C=O) groups excluding carboxylic acids is 1. The van der Waals surface area contributed by atoms with Crippen LogP contribution in [-0.2, 0) is 6.54 Å². The highest BCUT2D eigenvalue weighted by Crippen LogP contribution is 2.27. The Morgan fingerprint density at radius 1 is 1.10 bits per heavy atom. The first-order chi connectivity index (χ1) is 10.2. The van der Waals surface area contributed by atoms with E-state index in [1.54, 1.807) is 31.4 Å². The summed E-state index contributed by atoms with van der Waals surface area (Å²) in [7, 11) is 3.08. The molecule has 21 heavy (non-hydrogen) atoms. The Morgan fingerprint density at radius 3 is 2.48 bits per heavy atom. The number of nitrogen functional groups attached to an aromatic ring is 1. The molecular formula is C16H18N2O3. The predicted molar refractivity (Wildman–Crippen MR) is 81.6 cm³/mol. The van der Waals surface area contributed by atoms with Gasteiger partial charge in [0.15, 0.2) is 11.5 Å². The zero-order chi connectivity index (χ0) is 15.2. The highest BCUT2D eigenvalue weighted by molar-refractivity contribution is 5.94. The molecule has 5 nitrogen and oxygen atoms in total. The van der Waals surface area contributed by atoms with Crippen molar-refractivity contribution >= 4 is 11.6 Å². The van der Waals surface area contributed by atoms with Gasteiger partial charge in [0, 0.05) is 17.8 Å². The minimum atomic E-state index is -0.195. The first-order valence-electron chi connectivity index (χ1n) is 6.49. The quantitative estimate of drug-likeness (QED) is 0.827. The van der Waals surface area contributed by atoms with Gasteiger partial charge in [-0.25, -0.2) is 0 Å². The molecule has 0 bridgehead atoms. The molecule has 5 heteroatoms. The van der Waals surface area contributed by atoms with Crippen LogP contribution in [0.5, 0.6) is 11.5 Å². The van der Waals surface area contributed by atoms with Crippen molar-refractivity contribution in [1.82, 2.24) is 5.32 Å². The van der Waals surface area contributed by atoms with Crippen molar-refractivity contribution in [3.63, 3.8) is 0 Å². The van der Waals surface area contributed by atoms with Crippen molar-refractivity contribution in [2.45, 2.75) is 6.54 Å². The maximum atomic E-state index is 12.1.